The van der Waals surface area contributed by atoms with Crippen LogP contribution in [-0.4, -0.2) is 18.1 Å². The van der Waals surface area contributed by atoms with E-state index in [1.54, 1.807) is 0 Å². The minimum atomic E-state index is 0.397. The molecule has 170 valence electrons. The molecular formula is C26H51N3. The lowest BCUT2D eigenvalue weighted by atomic mass is 9.59. The van der Waals surface area contributed by atoms with Crippen LogP contribution in [0, 0.1) is 34.5 Å². The van der Waals surface area contributed by atoms with E-state index in [-0.39, 0.29) is 0 Å². The Bertz CT molecular complexity index is 498. The standard InChI is InChI=1S/C26H51N3/c1-25(2,16-18-5-10-22(27)11-6-18)21-9-14-24(29)19(15-21)17-26(3,4)20-7-12-23(28)13-8-20/h18-24H,5-17,27-29H2,1-4H3. The molecule has 3 atom stereocenters. The average Bonchev–Trinajstić information content (AvgIpc) is 2.65. The second kappa shape index (κ2) is 9.57. The van der Waals surface area contributed by atoms with E-state index in [1.807, 2.05) is 0 Å². The fraction of sp³-hybridized carbons (Fsp3) is 1.00. The SMILES string of the molecule is CC(C)(CC1CCC(N)CC1)C1CCC(N)C(CC(C)(C)C2CCC(N)CC2)C1. The lowest BCUT2D eigenvalue weighted by molar-refractivity contribution is 0.0443. The zero-order chi connectivity index (χ0) is 21.2. The van der Waals surface area contributed by atoms with Crippen molar-refractivity contribution < 1.29 is 0 Å². The topological polar surface area (TPSA) is 78.1 Å². The van der Waals surface area contributed by atoms with Gasteiger partial charge in [0, 0.05) is 18.1 Å². The molecule has 0 radical (unpaired) electrons. The molecule has 0 aromatic carbocycles. The lowest BCUT2D eigenvalue weighted by Crippen LogP contribution is -2.44. The van der Waals surface area contributed by atoms with Gasteiger partial charge in [-0.3, -0.25) is 0 Å². The molecule has 0 amide bonds. The fourth-order valence-corrected chi connectivity index (χ4v) is 7.28. The molecule has 0 spiro atoms. The van der Waals surface area contributed by atoms with Gasteiger partial charge in [0.2, 0.25) is 0 Å². The van der Waals surface area contributed by atoms with Crippen molar-refractivity contribution in [3.8, 4) is 0 Å². The summed E-state index contributed by atoms with van der Waals surface area (Å²) in [4.78, 5) is 0. The largest absolute Gasteiger partial charge is 0.328 e. The normalized spacial score (nSPS) is 40.0. The van der Waals surface area contributed by atoms with Crippen molar-refractivity contribution in [2.24, 2.45) is 51.7 Å². The summed E-state index contributed by atoms with van der Waals surface area (Å²) < 4.78 is 0. The van der Waals surface area contributed by atoms with Gasteiger partial charge in [0.05, 0.1) is 0 Å². The second-order valence-electron chi connectivity index (χ2n) is 12.7. The molecular weight excluding hydrogens is 354 g/mol. The van der Waals surface area contributed by atoms with Crippen molar-refractivity contribution in [1.82, 2.24) is 0 Å². The van der Waals surface area contributed by atoms with Gasteiger partial charge in [0.25, 0.3) is 0 Å². The van der Waals surface area contributed by atoms with Crippen LogP contribution in [0.2, 0.25) is 0 Å². The van der Waals surface area contributed by atoms with Crippen LogP contribution >= 0.6 is 0 Å². The van der Waals surface area contributed by atoms with Gasteiger partial charge in [-0.1, -0.05) is 27.7 Å². The average molecular weight is 406 g/mol. The Hall–Kier alpha value is -0.120. The minimum Gasteiger partial charge on any atom is -0.328 e. The quantitative estimate of drug-likeness (QED) is 0.538. The third kappa shape index (κ3) is 6.20. The van der Waals surface area contributed by atoms with Crippen LogP contribution in [0.1, 0.15) is 111 Å². The number of hydrogen-bond donors (Lipinski definition) is 3. The molecule has 0 aliphatic heterocycles. The van der Waals surface area contributed by atoms with Crippen LogP contribution < -0.4 is 17.2 Å². The van der Waals surface area contributed by atoms with Gasteiger partial charge in [-0.25, -0.2) is 0 Å². The van der Waals surface area contributed by atoms with Crippen LogP contribution in [0.3, 0.4) is 0 Å². The maximum Gasteiger partial charge on any atom is 0.00675 e. The van der Waals surface area contributed by atoms with Crippen molar-refractivity contribution in [3.63, 3.8) is 0 Å². The Morgan fingerprint density at radius 1 is 0.586 bits per heavy atom. The van der Waals surface area contributed by atoms with E-state index in [4.69, 9.17) is 17.2 Å². The molecule has 3 aliphatic rings. The molecule has 0 heterocycles. The van der Waals surface area contributed by atoms with E-state index in [0.29, 0.717) is 34.9 Å². The zero-order valence-electron chi connectivity index (χ0n) is 20.0. The van der Waals surface area contributed by atoms with Crippen LogP contribution in [0.25, 0.3) is 0 Å². The highest BCUT2D eigenvalue weighted by Crippen LogP contribution is 2.50. The van der Waals surface area contributed by atoms with Crippen molar-refractivity contribution in [2.45, 2.75) is 129 Å². The molecule has 0 aromatic heterocycles. The minimum absolute atomic E-state index is 0.397. The molecule has 3 nitrogen and oxygen atoms in total. The first-order chi connectivity index (χ1) is 13.6. The van der Waals surface area contributed by atoms with Crippen molar-refractivity contribution >= 4 is 0 Å². The van der Waals surface area contributed by atoms with Gasteiger partial charge in [-0.2, -0.15) is 0 Å². The molecule has 3 heteroatoms. The predicted octanol–water partition coefficient (Wildman–Crippen LogP) is 5.60. The monoisotopic (exact) mass is 405 g/mol. The number of rotatable bonds is 6. The summed E-state index contributed by atoms with van der Waals surface area (Å²) in [5.74, 6) is 3.24. The first-order valence-corrected chi connectivity index (χ1v) is 12.8. The van der Waals surface area contributed by atoms with Gasteiger partial charge in [0.1, 0.15) is 0 Å². The smallest absolute Gasteiger partial charge is 0.00675 e. The predicted molar refractivity (Wildman–Crippen MR) is 125 cm³/mol. The molecule has 3 unspecified atom stereocenters. The van der Waals surface area contributed by atoms with Crippen LogP contribution in [0.5, 0.6) is 0 Å². The van der Waals surface area contributed by atoms with Gasteiger partial charge < -0.3 is 17.2 Å². The highest BCUT2D eigenvalue weighted by molar-refractivity contribution is 4.94. The Morgan fingerprint density at radius 2 is 1.07 bits per heavy atom. The third-order valence-electron chi connectivity index (χ3n) is 9.52. The van der Waals surface area contributed by atoms with E-state index >= 15 is 0 Å². The van der Waals surface area contributed by atoms with Gasteiger partial charge >= 0.3 is 0 Å². The van der Waals surface area contributed by atoms with Crippen molar-refractivity contribution in [2.75, 3.05) is 0 Å². The summed E-state index contributed by atoms with van der Waals surface area (Å²) in [5.41, 5.74) is 19.9. The van der Waals surface area contributed by atoms with Crippen molar-refractivity contribution in [1.29, 1.82) is 0 Å². The summed E-state index contributed by atoms with van der Waals surface area (Å²) in [5, 5.41) is 0. The fourth-order valence-electron chi connectivity index (χ4n) is 7.28. The van der Waals surface area contributed by atoms with Gasteiger partial charge in [-0.15, -0.1) is 0 Å². The molecule has 0 aromatic rings. The summed E-state index contributed by atoms with van der Waals surface area (Å²) in [7, 11) is 0. The summed E-state index contributed by atoms with van der Waals surface area (Å²) in [6, 6.07) is 1.31. The van der Waals surface area contributed by atoms with Crippen LogP contribution in [0.4, 0.5) is 0 Å². The molecule has 3 fully saturated rings. The summed E-state index contributed by atoms with van der Waals surface area (Å²) in [6.07, 6.45) is 16.8. The molecule has 29 heavy (non-hydrogen) atoms. The molecule has 3 aliphatic carbocycles. The first-order valence-electron chi connectivity index (χ1n) is 12.8. The van der Waals surface area contributed by atoms with Gasteiger partial charge in [-0.05, 0) is 118 Å². The third-order valence-corrected chi connectivity index (χ3v) is 9.52. The molecule has 3 rings (SSSR count). The molecule has 3 saturated carbocycles. The zero-order valence-corrected chi connectivity index (χ0v) is 20.0. The Balaban J connectivity index is 1.57. The van der Waals surface area contributed by atoms with E-state index in [9.17, 15) is 0 Å². The Labute approximate surface area is 181 Å². The Kier molecular flexibility index (Phi) is 7.77. The van der Waals surface area contributed by atoms with Crippen LogP contribution in [-0.2, 0) is 0 Å². The maximum atomic E-state index is 6.71. The molecule has 0 saturated heterocycles. The van der Waals surface area contributed by atoms with E-state index in [1.165, 1.54) is 83.5 Å². The Morgan fingerprint density at radius 3 is 1.66 bits per heavy atom. The highest BCUT2D eigenvalue weighted by atomic mass is 14.7. The number of hydrogen-bond acceptors (Lipinski definition) is 3. The van der Waals surface area contributed by atoms with Gasteiger partial charge in [0.15, 0.2) is 0 Å². The highest BCUT2D eigenvalue weighted by Gasteiger charge is 2.42. The number of nitrogens with two attached hydrogens (primary N) is 3. The maximum absolute atomic E-state index is 6.71. The van der Waals surface area contributed by atoms with E-state index in [0.717, 1.165) is 17.8 Å². The second-order valence-corrected chi connectivity index (χ2v) is 12.7. The van der Waals surface area contributed by atoms with Crippen molar-refractivity contribution in [3.05, 3.63) is 0 Å². The summed E-state index contributed by atoms with van der Waals surface area (Å²) >= 11 is 0. The molecule has 6 N–H and O–H groups in total. The van der Waals surface area contributed by atoms with E-state index in [2.05, 4.69) is 27.7 Å². The first kappa shape index (κ1) is 23.5. The van der Waals surface area contributed by atoms with E-state index < -0.39 is 0 Å². The summed E-state index contributed by atoms with van der Waals surface area (Å²) in [6.45, 7) is 10.1. The molecule has 0 bridgehead atoms. The van der Waals surface area contributed by atoms with Crippen LogP contribution in [0.15, 0.2) is 0 Å². The lowest BCUT2D eigenvalue weighted by Gasteiger charge is -2.47.